The predicted molar refractivity (Wildman–Crippen MR) is 90.4 cm³/mol. The molecule has 2 N–H and O–H groups in total. The van der Waals surface area contributed by atoms with Crippen molar-refractivity contribution >= 4 is 21.8 Å². The second-order valence-electron chi connectivity index (χ2n) is 6.52. The van der Waals surface area contributed by atoms with Gasteiger partial charge in [0.2, 0.25) is 5.91 Å². The van der Waals surface area contributed by atoms with Crippen LogP contribution < -0.4 is 10.6 Å². The first-order valence-corrected chi connectivity index (χ1v) is 8.51. The Morgan fingerprint density at radius 3 is 2.76 bits per heavy atom. The van der Waals surface area contributed by atoms with Crippen LogP contribution in [0.3, 0.4) is 0 Å². The number of hydrogen-bond donors (Lipinski definition) is 2. The van der Waals surface area contributed by atoms with Crippen LogP contribution in [0.1, 0.15) is 44.6 Å². The van der Waals surface area contributed by atoms with Crippen molar-refractivity contribution < 1.29 is 4.79 Å². The highest BCUT2D eigenvalue weighted by Gasteiger charge is 2.27. The number of benzene rings is 1. The first-order valence-electron chi connectivity index (χ1n) is 7.71. The molecule has 1 heterocycles. The van der Waals surface area contributed by atoms with Gasteiger partial charge in [-0.15, -0.1) is 0 Å². The maximum atomic E-state index is 12.1. The zero-order valence-electron chi connectivity index (χ0n) is 12.9. The van der Waals surface area contributed by atoms with Gasteiger partial charge in [-0.1, -0.05) is 41.9 Å². The Morgan fingerprint density at radius 1 is 1.43 bits per heavy atom. The SMILES string of the molecule is CC(CC(=O)NCC1(C)CCCNC1)c1ccc(Br)cc1. The minimum absolute atomic E-state index is 0.150. The molecule has 0 bridgehead atoms. The number of amides is 1. The Morgan fingerprint density at radius 2 is 2.14 bits per heavy atom. The molecule has 1 aliphatic heterocycles. The Bertz CT molecular complexity index is 466. The van der Waals surface area contributed by atoms with Gasteiger partial charge >= 0.3 is 0 Å². The second-order valence-corrected chi connectivity index (χ2v) is 7.44. The third kappa shape index (κ3) is 5.11. The molecule has 2 unspecified atom stereocenters. The summed E-state index contributed by atoms with van der Waals surface area (Å²) in [6, 6.07) is 8.21. The molecule has 1 aliphatic rings. The monoisotopic (exact) mass is 352 g/mol. The highest BCUT2D eigenvalue weighted by Crippen LogP contribution is 2.25. The Hall–Kier alpha value is -0.870. The van der Waals surface area contributed by atoms with Gasteiger partial charge in [0.15, 0.2) is 0 Å². The number of nitrogens with one attached hydrogen (secondary N) is 2. The van der Waals surface area contributed by atoms with Crippen LogP contribution in [0, 0.1) is 5.41 Å². The number of carbonyl (C=O) groups excluding carboxylic acids is 1. The lowest BCUT2D eigenvalue weighted by Gasteiger charge is -2.34. The summed E-state index contributed by atoms with van der Waals surface area (Å²) >= 11 is 3.44. The van der Waals surface area contributed by atoms with Crippen LogP contribution >= 0.6 is 15.9 Å². The summed E-state index contributed by atoms with van der Waals surface area (Å²) < 4.78 is 1.07. The smallest absolute Gasteiger partial charge is 0.220 e. The fraction of sp³-hybridized carbons (Fsp3) is 0.588. The fourth-order valence-corrected chi connectivity index (χ4v) is 3.11. The maximum absolute atomic E-state index is 12.1. The molecular weight excluding hydrogens is 328 g/mol. The van der Waals surface area contributed by atoms with Crippen molar-refractivity contribution in [3.63, 3.8) is 0 Å². The molecule has 1 fully saturated rings. The van der Waals surface area contributed by atoms with E-state index < -0.39 is 0 Å². The number of halogens is 1. The lowest BCUT2D eigenvalue weighted by molar-refractivity contribution is -0.121. The van der Waals surface area contributed by atoms with Crippen LogP contribution in [0.2, 0.25) is 0 Å². The summed E-state index contributed by atoms with van der Waals surface area (Å²) in [6.45, 7) is 7.22. The topological polar surface area (TPSA) is 41.1 Å². The predicted octanol–water partition coefficient (Wildman–Crippen LogP) is 3.45. The number of piperidine rings is 1. The Labute approximate surface area is 136 Å². The third-order valence-corrected chi connectivity index (χ3v) is 4.86. The molecule has 1 aromatic rings. The van der Waals surface area contributed by atoms with Crippen LogP contribution in [-0.2, 0) is 4.79 Å². The largest absolute Gasteiger partial charge is 0.355 e. The summed E-state index contributed by atoms with van der Waals surface area (Å²) in [7, 11) is 0. The van der Waals surface area contributed by atoms with E-state index in [4.69, 9.17) is 0 Å². The van der Waals surface area contributed by atoms with Gasteiger partial charge in [0.1, 0.15) is 0 Å². The normalized spacial score (nSPS) is 23.6. The molecule has 4 heteroatoms. The molecule has 1 saturated heterocycles. The summed E-state index contributed by atoms with van der Waals surface area (Å²) in [5.74, 6) is 0.396. The molecule has 0 aromatic heterocycles. The maximum Gasteiger partial charge on any atom is 0.220 e. The average molecular weight is 353 g/mol. The van der Waals surface area contributed by atoms with E-state index in [1.807, 2.05) is 12.1 Å². The lowest BCUT2D eigenvalue weighted by atomic mass is 9.82. The van der Waals surface area contributed by atoms with Crippen LogP contribution in [0.25, 0.3) is 0 Å². The number of hydrogen-bond acceptors (Lipinski definition) is 2. The molecule has 0 spiro atoms. The van der Waals surface area contributed by atoms with E-state index in [0.717, 1.165) is 24.1 Å². The third-order valence-electron chi connectivity index (χ3n) is 4.33. The van der Waals surface area contributed by atoms with Gasteiger partial charge in [-0.05, 0) is 48.4 Å². The standard InChI is InChI=1S/C17H25BrN2O/c1-13(14-4-6-15(18)7-5-14)10-16(21)20-12-17(2)8-3-9-19-11-17/h4-7,13,19H,3,8-12H2,1-2H3,(H,20,21). The van der Waals surface area contributed by atoms with Crippen molar-refractivity contribution in [3.05, 3.63) is 34.3 Å². The van der Waals surface area contributed by atoms with Gasteiger partial charge in [-0.25, -0.2) is 0 Å². The van der Waals surface area contributed by atoms with Crippen molar-refractivity contribution in [2.45, 2.75) is 39.0 Å². The molecular formula is C17H25BrN2O. The van der Waals surface area contributed by atoms with Crippen LogP contribution in [0.15, 0.2) is 28.7 Å². The first kappa shape index (κ1) is 16.5. The van der Waals surface area contributed by atoms with E-state index in [-0.39, 0.29) is 17.2 Å². The lowest BCUT2D eigenvalue weighted by Crippen LogP contribution is -2.45. The zero-order valence-corrected chi connectivity index (χ0v) is 14.5. The van der Waals surface area contributed by atoms with E-state index in [1.165, 1.54) is 18.4 Å². The van der Waals surface area contributed by atoms with E-state index in [0.29, 0.717) is 6.42 Å². The molecule has 0 aliphatic carbocycles. The Balaban J connectivity index is 1.79. The molecule has 1 aromatic carbocycles. The number of carbonyl (C=O) groups is 1. The Kier molecular flexibility index (Phi) is 5.82. The average Bonchev–Trinajstić information content (AvgIpc) is 2.47. The van der Waals surface area contributed by atoms with Crippen molar-refractivity contribution in [1.29, 1.82) is 0 Å². The summed E-state index contributed by atoms with van der Waals surface area (Å²) in [5.41, 5.74) is 1.41. The molecule has 116 valence electrons. The minimum atomic E-state index is 0.150. The molecule has 21 heavy (non-hydrogen) atoms. The number of rotatable bonds is 5. The molecule has 2 atom stereocenters. The summed E-state index contributed by atoms with van der Waals surface area (Å²) in [5, 5.41) is 6.53. The van der Waals surface area contributed by atoms with Crippen molar-refractivity contribution in [3.8, 4) is 0 Å². The zero-order chi connectivity index (χ0) is 15.3. The van der Waals surface area contributed by atoms with Gasteiger partial charge in [-0.3, -0.25) is 4.79 Å². The van der Waals surface area contributed by atoms with E-state index in [2.05, 4.69) is 52.5 Å². The molecule has 2 rings (SSSR count). The second kappa shape index (κ2) is 7.41. The minimum Gasteiger partial charge on any atom is -0.355 e. The molecule has 1 amide bonds. The van der Waals surface area contributed by atoms with Crippen molar-refractivity contribution in [2.75, 3.05) is 19.6 Å². The summed E-state index contributed by atoms with van der Waals surface area (Å²) in [6.07, 6.45) is 2.93. The highest BCUT2D eigenvalue weighted by molar-refractivity contribution is 9.10. The van der Waals surface area contributed by atoms with Crippen LogP contribution in [-0.4, -0.2) is 25.5 Å². The van der Waals surface area contributed by atoms with Crippen molar-refractivity contribution in [2.24, 2.45) is 5.41 Å². The van der Waals surface area contributed by atoms with Crippen LogP contribution in [0.4, 0.5) is 0 Å². The fourth-order valence-electron chi connectivity index (χ4n) is 2.84. The van der Waals surface area contributed by atoms with Gasteiger partial charge in [0, 0.05) is 24.0 Å². The van der Waals surface area contributed by atoms with Gasteiger partial charge in [-0.2, -0.15) is 0 Å². The van der Waals surface area contributed by atoms with Gasteiger partial charge in [0.25, 0.3) is 0 Å². The van der Waals surface area contributed by atoms with Crippen molar-refractivity contribution in [1.82, 2.24) is 10.6 Å². The first-order chi connectivity index (χ1) is 9.98. The molecule has 0 saturated carbocycles. The highest BCUT2D eigenvalue weighted by atomic mass is 79.9. The molecule has 3 nitrogen and oxygen atoms in total. The summed E-state index contributed by atoms with van der Waals surface area (Å²) in [4.78, 5) is 12.1. The van der Waals surface area contributed by atoms with Crippen LogP contribution in [0.5, 0.6) is 0 Å². The quantitative estimate of drug-likeness (QED) is 0.851. The van der Waals surface area contributed by atoms with E-state index in [1.54, 1.807) is 0 Å². The van der Waals surface area contributed by atoms with E-state index in [9.17, 15) is 4.79 Å². The van der Waals surface area contributed by atoms with Gasteiger partial charge in [0.05, 0.1) is 0 Å². The molecule has 0 radical (unpaired) electrons. The van der Waals surface area contributed by atoms with E-state index >= 15 is 0 Å². The van der Waals surface area contributed by atoms with Gasteiger partial charge < -0.3 is 10.6 Å².